The van der Waals surface area contributed by atoms with Crippen LogP contribution in [0.2, 0.25) is 0 Å². The fourth-order valence-corrected chi connectivity index (χ4v) is 7.26. The normalized spacial score (nSPS) is 12.5. The van der Waals surface area contributed by atoms with Gasteiger partial charge in [0.2, 0.25) is 0 Å². The van der Waals surface area contributed by atoms with Crippen LogP contribution in [0.4, 0.5) is 0 Å². The first-order valence-electron chi connectivity index (χ1n) is 26.3. The van der Waals surface area contributed by atoms with Gasteiger partial charge in [0.25, 0.3) is 0 Å². The number of hydrogen-bond donors (Lipinski definition) is 0. The second-order valence-corrected chi connectivity index (χ2v) is 17.4. The number of allylic oxidation sites excluding steroid dienone is 10. The molecule has 358 valence electrons. The largest absolute Gasteiger partial charge is 0.462 e. The van der Waals surface area contributed by atoms with E-state index < -0.39 is 6.10 Å². The average molecular weight is 867 g/mol. The Labute approximate surface area is 383 Å². The summed E-state index contributed by atoms with van der Waals surface area (Å²) in [4.78, 5) is 38.0. The number of unbranched alkanes of at least 4 members (excludes halogenated alkanes) is 26. The summed E-state index contributed by atoms with van der Waals surface area (Å²) in [5, 5.41) is 0. The predicted octanol–water partition coefficient (Wildman–Crippen LogP) is 17.3. The van der Waals surface area contributed by atoms with Gasteiger partial charge < -0.3 is 14.2 Å². The third-order valence-electron chi connectivity index (χ3n) is 11.2. The van der Waals surface area contributed by atoms with E-state index in [1.807, 2.05) is 0 Å². The van der Waals surface area contributed by atoms with Crippen LogP contribution >= 0.6 is 0 Å². The summed E-state index contributed by atoms with van der Waals surface area (Å²) in [6, 6.07) is 0. The topological polar surface area (TPSA) is 78.9 Å². The molecule has 0 spiro atoms. The maximum absolute atomic E-state index is 12.8. The van der Waals surface area contributed by atoms with Crippen molar-refractivity contribution in [3.05, 3.63) is 60.8 Å². The lowest BCUT2D eigenvalue weighted by Gasteiger charge is -2.18. The molecule has 0 amide bonds. The molecule has 1 atom stereocenters. The fraction of sp³-hybridized carbons (Fsp3) is 0.768. The van der Waals surface area contributed by atoms with Crippen LogP contribution in [0.15, 0.2) is 60.8 Å². The van der Waals surface area contributed by atoms with Crippen LogP contribution in [-0.4, -0.2) is 37.2 Å². The fourth-order valence-electron chi connectivity index (χ4n) is 7.26. The highest BCUT2D eigenvalue weighted by Crippen LogP contribution is 2.14. The van der Waals surface area contributed by atoms with Gasteiger partial charge in [-0.1, -0.05) is 204 Å². The standard InChI is InChI=1S/C56H98O6/c1-4-7-10-13-16-19-22-24-26-27-28-30-31-34-37-40-43-46-49-55(58)61-52-53(51-60-54(57)48-45-42-39-36-33-21-18-15-12-9-6-3)62-56(59)50-47-44-41-38-35-32-29-25-23-20-17-14-11-8-5-2/h8,11,15,17-18,20,25-27,29,53H,4-7,9-10,12-14,16,19,21-24,28,30-52H2,1-3H3/b11-8-,18-15-,20-17-,27-26-,29-25-. The summed E-state index contributed by atoms with van der Waals surface area (Å²) >= 11 is 0. The molecule has 0 saturated heterocycles. The highest BCUT2D eigenvalue weighted by molar-refractivity contribution is 5.71. The molecule has 0 aromatic rings. The first-order chi connectivity index (χ1) is 30.5. The quantitative estimate of drug-likeness (QED) is 0.0262. The molecule has 0 rings (SSSR count). The van der Waals surface area contributed by atoms with E-state index in [1.54, 1.807) is 0 Å². The minimum Gasteiger partial charge on any atom is -0.462 e. The molecule has 0 saturated carbocycles. The van der Waals surface area contributed by atoms with E-state index in [9.17, 15) is 14.4 Å². The Morgan fingerprint density at radius 2 is 0.645 bits per heavy atom. The van der Waals surface area contributed by atoms with Gasteiger partial charge in [-0.05, 0) is 96.3 Å². The number of carbonyl (C=O) groups is 3. The molecule has 0 bridgehead atoms. The lowest BCUT2D eigenvalue weighted by atomic mass is 10.1. The van der Waals surface area contributed by atoms with Crippen LogP contribution in [-0.2, 0) is 28.6 Å². The average Bonchev–Trinajstić information content (AvgIpc) is 3.27. The Kier molecular flexibility index (Phi) is 48.4. The summed E-state index contributed by atoms with van der Waals surface area (Å²) in [6.07, 6.45) is 62.0. The lowest BCUT2D eigenvalue weighted by molar-refractivity contribution is -0.167. The van der Waals surface area contributed by atoms with Gasteiger partial charge in [0.15, 0.2) is 6.10 Å². The number of rotatable bonds is 47. The van der Waals surface area contributed by atoms with Gasteiger partial charge in [-0.15, -0.1) is 0 Å². The predicted molar refractivity (Wildman–Crippen MR) is 265 cm³/mol. The molecule has 0 aromatic heterocycles. The molecule has 0 fully saturated rings. The minimum absolute atomic E-state index is 0.0859. The molecule has 6 heteroatoms. The zero-order valence-corrected chi connectivity index (χ0v) is 40.9. The van der Waals surface area contributed by atoms with Crippen LogP contribution < -0.4 is 0 Å². The first-order valence-corrected chi connectivity index (χ1v) is 26.3. The van der Waals surface area contributed by atoms with Crippen molar-refractivity contribution in [2.24, 2.45) is 0 Å². The van der Waals surface area contributed by atoms with Gasteiger partial charge in [-0.25, -0.2) is 0 Å². The van der Waals surface area contributed by atoms with E-state index in [2.05, 4.69) is 81.5 Å². The third-order valence-corrected chi connectivity index (χ3v) is 11.2. The number of esters is 3. The number of hydrogen-bond acceptors (Lipinski definition) is 6. The first kappa shape index (κ1) is 59.1. The summed E-state index contributed by atoms with van der Waals surface area (Å²) in [6.45, 7) is 6.47. The number of carbonyl (C=O) groups excluding carboxylic acids is 3. The van der Waals surface area contributed by atoms with Crippen LogP contribution in [0.25, 0.3) is 0 Å². The zero-order chi connectivity index (χ0) is 45.1. The highest BCUT2D eigenvalue weighted by Gasteiger charge is 2.19. The Morgan fingerprint density at radius 3 is 1.05 bits per heavy atom. The molecule has 0 aliphatic carbocycles. The van der Waals surface area contributed by atoms with Crippen LogP contribution in [0, 0.1) is 0 Å². The molecule has 0 aromatic carbocycles. The van der Waals surface area contributed by atoms with Crippen molar-refractivity contribution < 1.29 is 28.6 Å². The molecule has 1 unspecified atom stereocenters. The van der Waals surface area contributed by atoms with Crippen molar-refractivity contribution in [1.82, 2.24) is 0 Å². The van der Waals surface area contributed by atoms with Gasteiger partial charge >= 0.3 is 17.9 Å². The van der Waals surface area contributed by atoms with Crippen molar-refractivity contribution >= 4 is 17.9 Å². The Hall–Kier alpha value is -2.89. The molecule has 0 aliphatic heterocycles. The zero-order valence-electron chi connectivity index (χ0n) is 40.9. The van der Waals surface area contributed by atoms with Crippen molar-refractivity contribution in [2.45, 2.75) is 264 Å². The molecule has 62 heavy (non-hydrogen) atoms. The molecule has 6 nitrogen and oxygen atoms in total. The van der Waals surface area contributed by atoms with E-state index >= 15 is 0 Å². The second-order valence-electron chi connectivity index (χ2n) is 17.4. The van der Waals surface area contributed by atoms with Crippen molar-refractivity contribution in [2.75, 3.05) is 13.2 Å². The lowest BCUT2D eigenvalue weighted by Crippen LogP contribution is -2.30. The van der Waals surface area contributed by atoms with Gasteiger partial charge in [0, 0.05) is 19.3 Å². The van der Waals surface area contributed by atoms with Crippen molar-refractivity contribution in [1.29, 1.82) is 0 Å². The van der Waals surface area contributed by atoms with Gasteiger partial charge in [-0.3, -0.25) is 14.4 Å². The molecule has 0 radical (unpaired) electrons. The monoisotopic (exact) mass is 867 g/mol. The van der Waals surface area contributed by atoms with E-state index in [1.165, 1.54) is 116 Å². The summed E-state index contributed by atoms with van der Waals surface area (Å²) in [7, 11) is 0. The summed E-state index contributed by atoms with van der Waals surface area (Å²) in [5.41, 5.74) is 0. The van der Waals surface area contributed by atoms with Crippen molar-refractivity contribution in [3.8, 4) is 0 Å². The van der Waals surface area contributed by atoms with E-state index in [0.717, 1.165) is 103 Å². The van der Waals surface area contributed by atoms with Crippen LogP contribution in [0.3, 0.4) is 0 Å². The van der Waals surface area contributed by atoms with Crippen LogP contribution in [0.5, 0.6) is 0 Å². The molecule has 0 N–H and O–H groups in total. The van der Waals surface area contributed by atoms with E-state index in [4.69, 9.17) is 14.2 Å². The maximum Gasteiger partial charge on any atom is 0.306 e. The highest BCUT2D eigenvalue weighted by atomic mass is 16.6. The number of ether oxygens (including phenoxy) is 3. The SMILES string of the molecule is CC/C=C\C/C=C\C/C=C\CCCCCCCC(=O)OC(COC(=O)CCCCCCC/C=C\CCCC)COC(=O)CCCCCCCCC/C=C\CCCCCCCCC. The Bertz CT molecular complexity index is 1130. The van der Waals surface area contributed by atoms with E-state index in [0.29, 0.717) is 19.3 Å². The van der Waals surface area contributed by atoms with E-state index in [-0.39, 0.29) is 31.1 Å². The maximum atomic E-state index is 12.8. The molecular formula is C56H98O6. The molecule has 0 heterocycles. The Morgan fingerprint density at radius 1 is 0.339 bits per heavy atom. The van der Waals surface area contributed by atoms with Crippen LogP contribution in [0.1, 0.15) is 258 Å². The second kappa shape index (κ2) is 50.8. The van der Waals surface area contributed by atoms with Gasteiger partial charge in [0.05, 0.1) is 0 Å². The Balaban J connectivity index is 4.37. The molecular weight excluding hydrogens is 769 g/mol. The smallest absolute Gasteiger partial charge is 0.306 e. The van der Waals surface area contributed by atoms with Crippen molar-refractivity contribution in [3.63, 3.8) is 0 Å². The third kappa shape index (κ3) is 48.1. The van der Waals surface area contributed by atoms with Gasteiger partial charge in [-0.2, -0.15) is 0 Å². The summed E-state index contributed by atoms with van der Waals surface area (Å²) in [5.74, 6) is -0.913. The molecule has 0 aliphatic rings. The minimum atomic E-state index is -0.787. The summed E-state index contributed by atoms with van der Waals surface area (Å²) < 4.78 is 16.8. The van der Waals surface area contributed by atoms with Gasteiger partial charge in [0.1, 0.15) is 13.2 Å².